The van der Waals surface area contributed by atoms with Crippen molar-refractivity contribution >= 4 is 21.6 Å². The first kappa shape index (κ1) is 19.4. The number of sulfonamides is 1. The normalized spacial score (nSPS) is 11.4. The molecule has 0 N–H and O–H groups in total. The lowest BCUT2D eigenvalue weighted by Gasteiger charge is -2.19. The fraction of sp³-hybridized carbons (Fsp3) is 0.294. The predicted octanol–water partition coefficient (Wildman–Crippen LogP) is 3.19. The van der Waals surface area contributed by atoms with E-state index in [9.17, 15) is 8.42 Å². The Balaban J connectivity index is 2.34. The molecule has 0 fully saturated rings. The molecule has 0 aliphatic carbocycles. The van der Waals surface area contributed by atoms with E-state index >= 15 is 0 Å². The highest BCUT2D eigenvalue weighted by molar-refractivity contribution is 7.89. The van der Waals surface area contributed by atoms with Crippen molar-refractivity contribution in [3.05, 3.63) is 47.0 Å². The van der Waals surface area contributed by atoms with Crippen LogP contribution >= 0.6 is 11.6 Å². The third kappa shape index (κ3) is 4.18. The third-order valence-electron chi connectivity index (χ3n) is 3.67. The molecule has 0 saturated carbocycles. The second-order valence-corrected chi connectivity index (χ2v) is 7.70. The molecule has 136 valence electrons. The number of nitrogens with zero attached hydrogens (tertiary/aromatic N) is 1. The van der Waals surface area contributed by atoms with Crippen LogP contribution in [0.3, 0.4) is 0 Å². The summed E-state index contributed by atoms with van der Waals surface area (Å²) in [5.41, 5.74) is 0.754. The fourth-order valence-electron chi connectivity index (χ4n) is 2.34. The number of rotatable bonds is 7. The van der Waals surface area contributed by atoms with Crippen LogP contribution < -0.4 is 14.2 Å². The monoisotopic (exact) mass is 385 g/mol. The van der Waals surface area contributed by atoms with Crippen LogP contribution in [-0.4, -0.2) is 41.1 Å². The van der Waals surface area contributed by atoms with Gasteiger partial charge in [0.15, 0.2) is 11.5 Å². The van der Waals surface area contributed by atoms with Crippen LogP contribution in [0, 0.1) is 0 Å². The van der Waals surface area contributed by atoms with E-state index < -0.39 is 10.0 Å². The fourth-order valence-corrected chi connectivity index (χ4v) is 3.91. The van der Waals surface area contributed by atoms with E-state index in [2.05, 4.69) is 0 Å². The van der Waals surface area contributed by atoms with Gasteiger partial charge in [0.05, 0.1) is 21.3 Å². The summed E-state index contributed by atoms with van der Waals surface area (Å²) in [6.07, 6.45) is 0. The second-order valence-electron chi connectivity index (χ2n) is 5.25. The molecule has 0 aromatic heterocycles. The van der Waals surface area contributed by atoms with Gasteiger partial charge in [0.2, 0.25) is 10.0 Å². The summed E-state index contributed by atoms with van der Waals surface area (Å²) in [5, 5.41) is 0.318. The topological polar surface area (TPSA) is 65.1 Å². The van der Waals surface area contributed by atoms with Crippen LogP contribution in [0.1, 0.15) is 5.56 Å². The van der Waals surface area contributed by atoms with Gasteiger partial charge in [0.1, 0.15) is 10.6 Å². The van der Waals surface area contributed by atoms with E-state index in [1.54, 1.807) is 31.4 Å². The summed E-state index contributed by atoms with van der Waals surface area (Å²) in [6, 6.07) is 9.73. The smallest absolute Gasteiger partial charge is 0.246 e. The van der Waals surface area contributed by atoms with Crippen LogP contribution in [0.5, 0.6) is 17.2 Å². The van der Waals surface area contributed by atoms with Gasteiger partial charge in [-0.1, -0.05) is 17.7 Å². The molecule has 2 rings (SSSR count). The molecule has 2 aromatic carbocycles. The van der Waals surface area contributed by atoms with Gasteiger partial charge in [0.25, 0.3) is 0 Å². The van der Waals surface area contributed by atoms with Crippen LogP contribution in [-0.2, 0) is 16.6 Å². The number of ether oxygens (including phenoxy) is 3. The molecule has 0 radical (unpaired) electrons. The number of halogens is 1. The molecule has 0 amide bonds. The Morgan fingerprint density at radius 2 is 1.52 bits per heavy atom. The summed E-state index contributed by atoms with van der Waals surface area (Å²) < 4.78 is 42.6. The minimum atomic E-state index is -3.79. The highest BCUT2D eigenvalue weighted by atomic mass is 35.5. The summed E-state index contributed by atoms with van der Waals surface area (Å²) >= 11 is 5.95. The van der Waals surface area contributed by atoms with E-state index in [4.69, 9.17) is 25.8 Å². The Labute approximate surface area is 152 Å². The van der Waals surface area contributed by atoms with Gasteiger partial charge >= 0.3 is 0 Å². The number of benzene rings is 2. The second kappa shape index (κ2) is 7.95. The van der Waals surface area contributed by atoms with Crippen molar-refractivity contribution < 1.29 is 22.6 Å². The Kier molecular flexibility index (Phi) is 6.16. The van der Waals surface area contributed by atoms with Crippen LogP contribution in [0.2, 0.25) is 5.02 Å². The van der Waals surface area contributed by atoms with Gasteiger partial charge in [0, 0.05) is 18.6 Å². The van der Waals surface area contributed by atoms with Gasteiger partial charge < -0.3 is 14.2 Å². The molecule has 0 bridgehead atoms. The van der Waals surface area contributed by atoms with Gasteiger partial charge in [-0.2, -0.15) is 4.31 Å². The molecule has 0 aliphatic rings. The quantitative estimate of drug-likeness (QED) is 0.732. The zero-order valence-corrected chi connectivity index (χ0v) is 16.0. The van der Waals surface area contributed by atoms with E-state index in [1.165, 1.54) is 37.7 Å². The first-order valence-corrected chi connectivity index (χ1v) is 9.16. The maximum absolute atomic E-state index is 12.9. The Morgan fingerprint density at radius 1 is 0.920 bits per heavy atom. The van der Waals surface area contributed by atoms with Crippen molar-refractivity contribution in [3.8, 4) is 17.2 Å². The molecule has 6 nitrogen and oxygen atoms in total. The summed E-state index contributed by atoms with van der Waals surface area (Å²) in [4.78, 5) is 0.0190. The molecule has 0 aliphatic heterocycles. The lowest BCUT2D eigenvalue weighted by molar-refractivity contribution is 0.354. The molecule has 0 unspecified atom stereocenters. The largest absolute Gasteiger partial charge is 0.495 e. The molecule has 0 atom stereocenters. The van der Waals surface area contributed by atoms with Gasteiger partial charge in [-0.15, -0.1) is 0 Å². The predicted molar refractivity (Wildman–Crippen MR) is 96.2 cm³/mol. The molecule has 8 heteroatoms. The minimum absolute atomic E-state index is 0.0190. The zero-order valence-electron chi connectivity index (χ0n) is 14.4. The van der Waals surface area contributed by atoms with Crippen LogP contribution in [0.25, 0.3) is 0 Å². The van der Waals surface area contributed by atoms with Crippen molar-refractivity contribution in [3.63, 3.8) is 0 Å². The van der Waals surface area contributed by atoms with E-state index in [1.807, 2.05) is 0 Å². The maximum atomic E-state index is 12.9. The number of hydrogen-bond acceptors (Lipinski definition) is 5. The molecule has 0 saturated heterocycles. The number of hydrogen-bond donors (Lipinski definition) is 0. The van der Waals surface area contributed by atoms with Crippen molar-refractivity contribution in [2.24, 2.45) is 0 Å². The van der Waals surface area contributed by atoms with Crippen LogP contribution in [0.4, 0.5) is 0 Å². The first-order valence-electron chi connectivity index (χ1n) is 7.34. The average Bonchev–Trinajstić information content (AvgIpc) is 2.61. The Morgan fingerprint density at radius 3 is 2.12 bits per heavy atom. The van der Waals surface area contributed by atoms with Crippen molar-refractivity contribution in [1.82, 2.24) is 4.31 Å². The molecular formula is C17H20ClNO5S. The minimum Gasteiger partial charge on any atom is -0.495 e. The number of methoxy groups -OCH3 is 3. The lowest BCUT2D eigenvalue weighted by atomic mass is 10.2. The lowest BCUT2D eigenvalue weighted by Crippen LogP contribution is -2.27. The SMILES string of the molecule is COc1ccc(CN(C)S(=O)(=O)c2cc(Cl)ccc2OC)cc1OC. The highest BCUT2D eigenvalue weighted by Gasteiger charge is 2.25. The standard InChI is InChI=1S/C17H20ClNO5S/c1-19(11-12-5-7-14(22-2)16(9-12)24-4)25(20,21)17-10-13(18)6-8-15(17)23-3/h5-10H,11H2,1-4H3. The van der Waals surface area contributed by atoms with Gasteiger partial charge in [-0.05, 0) is 35.9 Å². The Bertz CT molecular complexity index is 854. The Hall–Kier alpha value is -1.96. The van der Waals surface area contributed by atoms with E-state index in [0.29, 0.717) is 16.5 Å². The molecule has 2 aromatic rings. The van der Waals surface area contributed by atoms with E-state index in [0.717, 1.165) is 5.56 Å². The summed E-state index contributed by atoms with van der Waals surface area (Å²) in [7, 11) is 2.19. The summed E-state index contributed by atoms with van der Waals surface area (Å²) in [5.74, 6) is 1.35. The first-order chi connectivity index (χ1) is 11.8. The molecule has 25 heavy (non-hydrogen) atoms. The zero-order chi connectivity index (χ0) is 18.6. The van der Waals surface area contributed by atoms with Crippen LogP contribution in [0.15, 0.2) is 41.3 Å². The molecule has 0 spiro atoms. The van der Waals surface area contributed by atoms with Gasteiger partial charge in [-0.3, -0.25) is 0 Å². The molecular weight excluding hydrogens is 366 g/mol. The average molecular weight is 386 g/mol. The molecule has 0 heterocycles. The van der Waals surface area contributed by atoms with Crippen molar-refractivity contribution in [2.45, 2.75) is 11.4 Å². The summed E-state index contributed by atoms with van der Waals surface area (Å²) in [6.45, 7) is 0.151. The third-order valence-corrected chi connectivity index (χ3v) is 5.73. The van der Waals surface area contributed by atoms with Crippen molar-refractivity contribution in [1.29, 1.82) is 0 Å². The van der Waals surface area contributed by atoms with Gasteiger partial charge in [-0.25, -0.2) is 8.42 Å². The maximum Gasteiger partial charge on any atom is 0.246 e. The highest BCUT2D eigenvalue weighted by Crippen LogP contribution is 2.31. The van der Waals surface area contributed by atoms with E-state index in [-0.39, 0.29) is 17.2 Å². The van der Waals surface area contributed by atoms with Crippen molar-refractivity contribution in [2.75, 3.05) is 28.4 Å².